The zero-order valence-corrected chi connectivity index (χ0v) is 22.2. The standard InChI is InChI=1S/C25H45ClO2Si/c1-12-21(27-29(10,11)23(4,5)6)16-15-20(14-13-19(2)3)25(9)18-17-22(26)24(7,8)28-25/h12-14,20-22H,1-2,15-18H2,3-11H3/b14-13+/t20-,21?,22+,25-/m1/s1. The molecule has 168 valence electrons. The van der Waals surface area contributed by atoms with Gasteiger partial charge in [0.15, 0.2) is 8.32 Å². The van der Waals surface area contributed by atoms with E-state index < -0.39 is 8.32 Å². The summed E-state index contributed by atoms with van der Waals surface area (Å²) in [5.41, 5.74) is 0.477. The summed E-state index contributed by atoms with van der Waals surface area (Å²) in [6.45, 7) is 28.0. The molecule has 1 saturated heterocycles. The second kappa shape index (κ2) is 9.85. The van der Waals surface area contributed by atoms with Crippen LogP contribution in [0.2, 0.25) is 18.1 Å². The van der Waals surface area contributed by atoms with Crippen LogP contribution in [0.4, 0.5) is 0 Å². The first-order valence-corrected chi connectivity index (χ1v) is 14.4. The number of rotatable bonds is 9. The molecule has 1 fully saturated rings. The molecule has 4 atom stereocenters. The minimum atomic E-state index is -1.84. The normalized spacial score (nSPS) is 27.6. The van der Waals surface area contributed by atoms with Crippen LogP contribution in [0.3, 0.4) is 0 Å². The van der Waals surface area contributed by atoms with Crippen LogP contribution >= 0.6 is 11.6 Å². The summed E-state index contributed by atoms with van der Waals surface area (Å²) in [7, 11) is -1.84. The maximum Gasteiger partial charge on any atom is 0.192 e. The van der Waals surface area contributed by atoms with Crippen molar-refractivity contribution in [2.24, 2.45) is 5.92 Å². The van der Waals surface area contributed by atoms with Crippen LogP contribution in [0.25, 0.3) is 0 Å². The van der Waals surface area contributed by atoms with Crippen LogP contribution in [-0.2, 0) is 9.16 Å². The van der Waals surface area contributed by atoms with E-state index in [1.807, 2.05) is 13.0 Å². The SMILES string of the molecule is C=CC(CC[C@@H](/C=C/C(=C)C)[C@@]1(C)CC[C@H](Cl)C(C)(C)O1)O[Si](C)(C)C(C)(C)C. The van der Waals surface area contributed by atoms with E-state index in [0.717, 1.165) is 31.3 Å². The van der Waals surface area contributed by atoms with Gasteiger partial charge in [-0.15, -0.1) is 18.2 Å². The van der Waals surface area contributed by atoms with Gasteiger partial charge in [-0.2, -0.15) is 0 Å². The quantitative estimate of drug-likeness (QED) is 0.156. The highest BCUT2D eigenvalue weighted by Gasteiger charge is 2.46. The molecule has 0 aliphatic carbocycles. The van der Waals surface area contributed by atoms with E-state index >= 15 is 0 Å². The highest BCUT2D eigenvalue weighted by Crippen LogP contribution is 2.44. The van der Waals surface area contributed by atoms with Gasteiger partial charge in [0, 0.05) is 5.92 Å². The highest BCUT2D eigenvalue weighted by atomic mass is 35.5. The lowest BCUT2D eigenvalue weighted by atomic mass is 9.76. The van der Waals surface area contributed by atoms with Gasteiger partial charge in [-0.1, -0.05) is 51.2 Å². The van der Waals surface area contributed by atoms with Gasteiger partial charge in [-0.25, -0.2) is 0 Å². The van der Waals surface area contributed by atoms with Crippen molar-refractivity contribution >= 4 is 19.9 Å². The Balaban J connectivity index is 2.99. The zero-order chi connectivity index (χ0) is 22.7. The maximum atomic E-state index is 6.62. The van der Waals surface area contributed by atoms with Gasteiger partial charge in [0.1, 0.15) is 0 Å². The highest BCUT2D eigenvalue weighted by molar-refractivity contribution is 6.74. The van der Waals surface area contributed by atoms with Crippen molar-refractivity contribution in [3.8, 4) is 0 Å². The summed E-state index contributed by atoms with van der Waals surface area (Å²) in [4.78, 5) is 0. The molecule has 0 bridgehead atoms. The van der Waals surface area contributed by atoms with Gasteiger partial charge < -0.3 is 9.16 Å². The largest absolute Gasteiger partial charge is 0.411 e. The Kier molecular flexibility index (Phi) is 9.06. The van der Waals surface area contributed by atoms with Crippen molar-refractivity contribution in [1.82, 2.24) is 0 Å². The summed E-state index contributed by atoms with van der Waals surface area (Å²) in [5.74, 6) is 0.271. The molecule has 1 heterocycles. The van der Waals surface area contributed by atoms with Crippen LogP contribution in [-0.4, -0.2) is 31.0 Å². The lowest BCUT2D eigenvalue weighted by Gasteiger charge is -2.49. The smallest absolute Gasteiger partial charge is 0.192 e. The molecule has 1 aliphatic rings. The molecule has 29 heavy (non-hydrogen) atoms. The Bertz CT molecular complexity index is 602. The molecule has 1 aliphatic heterocycles. The van der Waals surface area contributed by atoms with E-state index in [4.69, 9.17) is 20.8 Å². The summed E-state index contributed by atoms with van der Waals surface area (Å²) in [5, 5.41) is 0.231. The van der Waals surface area contributed by atoms with E-state index in [1.165, 1.54) is 0 Å². The molecule has 1 rings (SSSR count). The fourth-order valence-electron chi connectivity index (χ4n) is 3.75. The molecule has 4 heteroatoms. The Morgan fingerprint density at radius 1 is 1.28 bits per heavy atom. The molecule has 0 spiro atoms. The monoisotopic (exact) mass is 440 g/mol. The Labute approximate surface area is 186 Å². The first-order chi connectivity index (χ1) is 13.0. The first kappa shape index (κ1) is 26.7. The molecular formula is C25H45ClO2Si. The van der Waals surface area contributed by atoms with Gasteiger partial charge in [-0.05, 0) is 71.5 Å². The molecule has 0 aromatic carbocycles. The van der Waals surface area contributed by atoms with E-state index in [0.29, 0.717) is 0 Å². The molecule has 0 N–H and O–H groups in total. The third-order valence-electron chi connectivity index (χ3n) is 6.82. The summed E-state index contributed by atoms with van der Waals surface area (Å²) in [6, 6.07) is 0. The predicted molar refractivity (Wildman–Crippen MR) is 131 cm³/mol. The van der Waals surface area contributed by atoms with Crippen LogP contribution < -0.4 is 0 Å². The van der Waals surface area contributed by atoms with Crippen LogP contribution in [0.15, 0.2) is 37.0 Å². The van der Waals surface area contributed by atoms with Crippen LogP contribution in [0.5, 0.6) is 0 Å². The van der Waals surface area contributed by atoms with Crippen molar-refractivity contribution in [2.75, 3.05) is 0 Å². The molecule has 0 saturated carbocycles. The van der Waals surface area contributed by atoms with Gasteiger partial charge in [0.25, 0.3) is 0 Å². The first-order valence-electron chi connectivity index (χ1n) is 11.0. The fourth-order valence-corrected chi connectivity index (χ4v) is 5.23. The molecule has 2 nitrogen and oxygen atoms in total. The zero-order valence-electron chi connectivity index (χ0n) is 20.4. The Morgan fingerprint density at radius 3 is 2.31 bits per heavy atom. The van der Waals surface area contributed by atoms with Gasteiger partial charge in [0.05, 0.1) is 22.7 Å². The van der Waals surface area contributed by atoms with E-state index in [2.05, 4.69) is 79.9 Å². The molecule has 0 amide bonds. The molecular weight excluding hydrogens is 396 g/mol. The van der Waals surface area contributed by atoms with Crippen LogP contribution in [0.1, 0.15) is 74.1 Å². The van der Waals surface area contributed by atoms with Crippen molar-refractivity contribution in [2.45, 2.75) is 115 Å². The number of hydrogen-bond donors (Lipinski definition) is 0. The Morgan fingerprint density at radius 2 is 1.86 bits per heavy atom. The second-order valence-corrected chi connectivity index (χ2v) is 16.3. The summed E-state index contributed by atoms with van der Waals surface area (Å²) < 4.78 is 13.2. The number of halogens is 1. The van der Waals surface area contributed by atoms with Gasteiger partial charge in [-0.3, -0.25) is 0 Å². The van der Waals surface area contributed by atoms with E-state index in [1.54, 1.807) is 0 Å². The number of hydrogen-bond acceptors (Lipinski definition) is 2. The van der Waals surface area contributed by atoms with Crippen molar-refractivity contribution in [3.05, 3.63) is 37.0 Å². The molecule has 0 aromatic rings. The average Bonchev–Trinajstić information content (AvgIpc) is 2.55. The molecule has 0 aromatic heterocycles. The van der Waals surface area contributed by atoms with Crippen molar-refractivity contribution < 1.29 is 9.16 Å². The van der Waals surface area contributed by atoms with Gasteiger partial charge in [0.2, 0.25) is 0 Å². The lowest BCUT2D eigenvalue weighted by Crippen LogP contribution is -2.53. The fraction of sp³-hybridized carbons (Fsp3) is 0.760. The van der Waals surface area contributed by atoms with E-state index in [-0.39, 0.29) is 33.6 Å². The molecule has 0 radical (unpaired) electrons. The topological polar surface area (TPSA) is 18.5 Å². The predicted octanol–water partition coefficient (Wildman–Crippen LogP) is 8.05. The average molecular weight is 441 g/mol. The van der Waals surface area contributed by atoms with Crippen molar-refractivity contribution in [3.63, 3.8) is 0 Å². The third kappa shape index (κ3) is 7.38. The van der Waals surface area contributed by atoms with Crippen molar-refractivity contribution in [1.29, 1.82) is 0 Å². The summed E-state index contributed by atoms with van der Waals surface area (Å²) >= 11 is 6.55. The maximum absolute atomic E-state index is 6.62. The van der Waals surface area contributed by atoms with E-state index in [9.17, 15) is 0 Å². The Hall–Kier alpha value is -0.353. The van der Waals surface area contributed by atoms with Gasteiger partial charge >= 0.3 is 0 Å². The minimum Gasteiger partial charge on any atom is -0.411 e. The molecule has 1 unspecified atom stereocenters. The van der Waals surface area contributed by atoms with Crippen LogP contribution in [0, 0.1) is 5.92 Å². The number of allylic oxidation sites excluding steroid dienone is 2. The number of alkyl halides is 1. The summed E-state index contributed by atoms with van der Waals surface area (Å²) in [6.07, 6.45) is 10.3. The third-order valence-corrected chi connectivity index (χ3v) is 12.1. The minimum absolute atomic E-state index is 0.0455. The lowest BCUT2D eigenvalue weighted by molar-refractivity contribution is -0.181. The second-order valence-electron chi connectivity index (χ2n) is 11.1. The number of ether oxygens (including phenoxy) is 1.